The number of aliphatic hydroxyl groups excluding tert-OH is 3. The number of carbonyl (C=O) groups excluding carboxylic acids is 2. The maximum atomic E-state index is 12.8. The fourth-order valence-corrected chi connectivity index (χ4v) is 3.90. The molecule has 1 aliphatic heterocycles. The molecule has 0 aromatic rings. The van der Waals surface area contributed by atoms with Crippen LogP contribution in [-0.4, -0.2) is 82.6 Å². The minimum absolute atomic E-state index is 0.0823. The van der Waals surface area contributed by atoms with E-state index < -0.39 is 54.8 Å². The van der Waals surface area contributed by atoms with Gasteiger partial charge in [-0.15, -0.1) is 0 Å². The van der Waals surface area contributed by atoms with Gasteiger partial charge in [-0.1, -0.05) is 58.3 Å². The quantitative estimate of drug-likeness (QED) is 0.159. The zero-order valence-electron chi connectivity index (χ0n) is 19.6. The highest BCUT2D eigenvalue weighted by molar-refractivity contribution is 5.92. The van der Waals surface area contributed by atoms with Crippen LogP contribution in [0.2, 0.25) is 0 Å². The standard InChI is InChI=1S/C23H40O10/c1-2-3-4-5-6-7-8-9-10-19(21(28)29)23(12-11-20(27)33-23)22(30)32-16-18(26)15-31-14-17(25)13-24/h17-19,24-26H,2-16H2,1H3,(H,28,29)/t17?,18?,19-,23-/m0/s1. The molecule has 2 unspecified atom stereocenters. The van der Waals surface area contributed by atoms with Crippen molar-refractivity contribution in [3.05, 3.63) is 0 Å². The molecule has 0 aromatic carbocycles. The average Bonchev–Trinajstić information content (AvgIpc) is 3.18. The minimum Gasteiger partial charge on any atom is -0.481 e. The topological polar surface area (TPSA) is 160 Å². The third-order valence-electron chi connectivity index (χ3n) is 5.79. The van der Waals surface area contributed by atoms with Gasteiger partial charge in [0.05, 0.1) is 19.8 Å². The van der Waals surface area contributed by atoms with Crippen molar-refractivity contribution < 1.29 is 49.0 Å². The normalized spacial score (nSPS) is 20.8. The van der Waals surface area contributed by atoms with Crippen LogP contribution in [-0.2, 0) is 28.6 Å². The van der Waals surface area contributed by atoms with Crippen molar-refractivity contribution >= 4 is 17.9 Å². The summed E-state index contributed by atoms with van der Waals surface area (Å²) in [6.07, 6.45) is 5.88. The van der Waals surface area contributed by atoms with Crippen LogP contribution in [0, 0.1) is 5.92 Å². The number of esters is 2. The number of aliphatic hydroxyl groups is 3. The van der Waals surface area contributed by atoms with Crippen LogP contribution in [0.1, 0.15) is 77.6 Å². The van der Waals surface area contributed by atoms with Gasteiger partial charge in [-0.05, 0) is 6.42 Å². The lowest BCUT2D eigenvalue weighted by Crippen LogP contribution is -2.50. The van der Waals surface area contributed by atoms with Gasteiger partial charge in [0.25, 0.3) is 0 Å². The Morgan fingerprint density at radius 2 is 1.61 bits per heavy atom. The van der Waals surface area contributed by atoms with E-state index in [0.29, 0.717) is 6.42 Å². The molecule has 1 saturated heterocycles. The highest BCUT2D eigenvalue weighted by Gasteiger charge is 2.57. The van der Waals surface area contributed by atoms with Gasteiger partial charge in [0, 0.05) is 12.8 Å². The van der Waals surface area contributed by atoms with Gasteiger partial charge in [-0.25, -0.2) is 4.79 Å². The van der Waals surface area contributed by atoms with Crippen molar-refractivity contribution in [1.82, 2.24) is 0 Å². The number of rotatable bonds is 19. The third-order valence-corrected chi connectivity index (χ3v) is 5.79. The third kappa shape index (κ3) is 10.4. The molecule has 4 atom stereocenters. The van der Waals surface area contributed by atoms with Gasteiger partial charge in [0.15, 0.2) is 0 Å². The summed E-state index contributed by atoms with van der Waals surface area (Å²) in [5.41, 5.74) is -1.91. The van der Waals surface area contributed by atoms with Gasteiger partial charge in [-0.2, -0.15) is 0 Å². The number of cyclic esters (lactones) is 1. The van der Waals surface area contributed by atoms with E-state index in [0.717, 1.165) is 25.7 Å². The molecule has 0 spiro atoms. The van der Waals surface area contributed by atoms with Crippen LogP contribution < -0.4 is 0 Å². The Morgan fingerprint density at radius 3 is 2.15 bits per heavy atom. The molecule has 0 aromatic heterocycles. The molecular weight excluding hydrogens is 436 g/mol. The summed E-state index contributed by atoms with van der Waals surface area (Å²) in [5, 5.41) is 37.6. The van der Waals surface area contributed by atoms with Crippen molar-refractivity contribution in [3.63, 3.8) is 0 Å². The van der Waals surface area contributed by atoms with Gasteiger partial charge in [0.1, 0.15) is 24.7 Å². The van der Waals surface area contributed by atoms with E-state index in [4.69, 9.17) is 19.3 Å². The van der Waals surface area contributed by atoms with E-state index in [9.17, 15) is 29.7 Å². The highest BCUT2D eigenvalue weighted by Crippen LogP contribution is 2.38. The smallest absolute Gasteiger partial charge is 0.351 e. The number of carboxylic acids is 1. The molecule has 0 saturated carbocycles. The molecule has 0 radical (unpaired) electrons. The highest BCUT2D eigenvalue weighted by atomic mass is 16.6. The van der Waals surface area contributed by atoms with E-state index in [-0.39, 0.29) is 32.5 Å². The fraction of sp³-hybridized carbons (Fsp3) is 0.870. The van der Waals surface area contributed by atoms with E-state index in [1.165, 1.54) is 19.3 Å². The molecule has 10 heteroatoms. The van der Waals surface area contributed by atoms with Crippen LogP contribution in [0.3, 0.4) is 0 Å². The first-order valence-electron chi connectivity index (χ1n) is 11.9. The SMILES string of the molecule is CCCCCCCCCC[C@@H](C(=O)O)[C@]1(C(=O)OCC(O)COCC(O)CO)CCC(=O)O1. The molecule has 0 amide bonds. The zero-order chi connectivity index (χ0) is 24.7. The maximum absolute atomic E-state index is 12.8. The van der Waals surface area contributed by atoms with E-state index in [1.54, 1.807) is 0 Å². The summed E-state index contributed by atoms with van der Waals surface area (Å²) in [7, 11) is 0. The largest absolute Gasteiger partial charge is 0.481 e. The van der Waals surface area contributed by atoms with Crippen LogP contribution in [0.4, 0.5) is 0 Å². The molecule has 33 heavy (non-hydrogen) atoms. The van der Waals surface area contributed by atoms with Crippen molar-refractivity contribution in [2.75, 3.05) is 26.4 Å². The monoisotopic (exact) mass is 476 g/mol. The second-order valence-electron chi connectivity index (χ2n) is 8.64. The number of ether oxygens (including phenoxy) is 3. The molecule has 10 nitrogen and oxygen atoms in total. The molecule has 1 heterocycles. The molecule has 1 fully saturated rings. The van der Waals surface area contributed by atoms with Crippen molar-refractivity contribution in [2.45, 2.75) is 95.4 Å². The average molecular weight is 477 g/mol. The van der Waals surface area contributed by atoms with Crippen LogP contribution in [0.5, 0.6) is 0 Å². The van der Waals surface area contributed by atoms with Crippen molar-refractivity contribution in [2.24, 2.45) is 5.92 Å². The zero-order valence-corrected chi connectivity index (χ0v) is 19.6. The van der Waals surface area contributed by atoms with Gasteiger partial charge >= 0.3 is 17.9 Å². The summed E-state index contributed by atoms with van der Waals surface area (Å²) < 4.78 is 15.4. The lowest BCUT2D eigenvalue weighted by molar-refractivity contribution is -0.188. The van der Waals surface area contributed by atoms with Gasteiger partial charge in [0.2, 0.25) is 5.60 Å². The molecule has 192 valence electrons. The van der Waals surface area contributed by atoms with Crippen LogP contribution in [0.15, 0.2) is 0 Å². The predicted octanol–water partition coefficient (Wildman–Crippen LogP) is 1.57. The molecule has 0 bridgehead atoms. The van der Waals surface area contributed by atoms with E-state index in [2.05, 4.69) is 6.92 Å². The van der Waals surface area contributed by atoms with Gasteiger partial charge in [-0.3, -0.25) is 9.59 Å². The number of carbonyl (C=O) groups is 3. The number of hydrogen-bond donors (Lipinski definition) is 4. The molecule has 1 rings (SSSR count). The minimum atomic E-state index is -1.91. The first kappa shape index (κ1) is 29.3. The summed E-state index contributed by atoms with van der Waals surface area (Å²) in [5.74, 6) is -4.11. The Bertz CT molecular complexity index is 596. The summed E-state index contributed by atoms with van der Waals surface area (Å²) in [6.45, 7) is 0.702. The Balaban J connectivity index is 2.60. The second-order valence-corrected chi connectivity index (χ2v) is 8.64. The predicted molar refractivity (Wildman–Crippen MR) is 117 cm³/mol. The van der Waals surface area contributed by atoms with Crippen molar-refractivity contribution in [3.8, 4) is 0 Å². The lowest BCUT2D eigenvalue weighted by Gasteiger charge is -2.31. The van der Waals surface area contributed by atoms with Crippen LogP contribution >= 0.6 is 0 Å². The van der Waals surface area contributed by atoms with Crippen molar-refractivity contribution in [1.29, 1.82) is 0 Å². The first-order valence-corrected chi connectivity index (χ1v) is 11.9. The van der Waals surface area contributed by atoms with E-state index >= 15 is 0 Å². The number of aliphatic carboxylic acids is 1. The Kier molecular flexibility index (Phi) is 14.2. The summed E-state index contributed by atoms with van der Waals surface area (Å²) in [4.78, 5) is 36.7. The summed E-state index contributed by atoms with van der Waals surface area (Å²) >= 11 is 0. The Labute approximate surface area is 195 Å². The first-order chi connectivity index (χ1) is 15.8. The summed E-state index contributed by atoms with van der Waals surface area (Å²) in [6, 6.07) is 0. The molecule has 1 aliphatic rings. The Morgan fingerprint density at radius 1 is 1.00 bits per heavy atom. The van der Waals surface area contributed by atoms with E-state index in [1.807, 2.05) is 0 Å². The van der Waals surface area contributed by atoms with Crippen LogP contribution in [0.25, 0.3) is 0 Å². The molecular formula is C23H40O10. The fourth-order valence-electron chi connectivity index (χ4n) is 3.90. The number of hydrogen-bond acceptors (Lipinski definition) is 9. The second kappa shape index (κ2) is 16.0. The number of carboxylic acid groups (broad SMARTS) is 1. The Hall–Kier alpha value is -1.75. The lowest BCUT2D eigenvalue weighted by atomic mass is 9.81. The van der Waals surface area contributed by atoms with Gasteiger partial charge < -0.3 is 34.6 Å². The number of unbranched alkanes of at least 4 members (excludes halogenated alkanes) is 7. The maximum Gasteiger partial charge on any atom is 0.351 e. The molecule has 4 N–H and O–H groups in total. The molecule has 0 aliphatic carbocycles.